The van der Waals surface area contributed by atoms with Gasteiger partial charge in [-0.05, 0) is 30.3 Å². The van der Waals surface area contributed by atoms with Crippen LogP contribution in [0.25, 0.3) is 0 Å². The molecule has 29 heavy (non-hydrogen) atoms. The van der Waals surface area contributed by atoms with Gasteiger partial charge in [0.05, 0.1) is 15.5 Å². The average molecular weight is 432 g/mol. The van der Waals surface area contributed by atoms with E-state index in [2.05, 4.69) is 0 Å². The Bertz CT molecular complexity index is 943. The number of nitro groups is 1. The van der Waals surface area contributed by atoms with Gasteiger partial charge in [-0.1, -0.05) is 11.6 Å². The van der Waals surface area contributed by atoms with Crippen molar-refractivity contribution in [3.63, 3.8) is 0 Å². The summed E-state index contributed by atoms with van der Waals surface area (Å²) in [5.74, 6) is -0.803. The fraction of sp³-hybridized carbons (Fsp3) is 0.278. The summed E-state index contributed by atoms with van der Waals surface area (Å²) in [4.78, 5) is 25.9. The third-order valence-electron chi connectivity index (χ3n) is 4.57. The van der Waals surface area contributed by atoms with Crippen molar-refractivity contribution in [3.8, 4) is 0 Å². The first-order chi connectivity index (χ1) is 13.6. The molecule has 1 saturated heterocycles. The average Bonchev–Trinajstić information content (AvgIpc) is 2.66. The number of halogens is 5. The van der Waals surface area contributed by atoms with Crippen LogP contribution in [0.15, 0.2) is 36.4 Å². The molecule has 0 bridgehead atoms. The van der Waals surface area contributed by atoms with Crippen LogP contribution < -0.4 is 4.90 Å². The van der Waals surface area contributed by atoms with Crippen LogP contribution in [-0.4, -0.2) is 41.9 Å². The molecule has 1 heterocycles. The number of piperazine rings is 1. The second-order valence-electron chi connectivity index (χ2n) is 6.36. The van der Waals surface area contributed by atoms with E-state index in [1.165, 1.54) is 21.9 Å². The van der Waals surface area contributed by atoms with Crippen LogP contribution in [0.3, 0.4) is 0 Å². The lowest BCUT2D eigenvalue weighted by molar-refractivity contribution is -0.384. The summed E-state index contributed by atoms with van der Waals surface area (Å²) in [6.45, 7) is 0.697. The van der Waals surface area contributed by atoms with E-state index in [-0.39, 0.29) is 37.8 Å². The minimum Gasteiger partial charge on any atom is -0.362 e. The Labute approximate surface area is 167 Å². The number of carbonyl (C=O) groups is 1. The van der Waals surface area contributed by atoms with Gasteiger partial charge in [-0.25, -0.2) is 4.39 Å². The first-order valence-electron chi connectivity index (χ1n) is 8.43. The molecule has 154 valence electrons. The summed E-state index contributed by atoms with van der Waals surface area (Å²) in [6, 6.07) is 6.39. The van der Waals surface area contributed by atoms with Crippen molar-refractivity contribution in [1.82, 2.24) is 4.90 Å². The predicted octanol–water partition coefficient (Wildman–Crippen LogP) is 4.37. The molecule has 0 radical (unpaired) electrons. The number of hydrogen-bond donors (Lipinski definition) is 0. The number of nitrogens with zero attached hydrogens (tertiary/aromatic N) is 3. The molecule has 2 aromatic carbocycles. The molecule has 6 nitrogen and oxygen atoms in total. The topological polar surface area (TPSA) is 66.7 Å². The smallest absolute Gasteiger partial charge is 0.362 e. The van der Waals surface area contributed by atoms with E-state index >= 15 is 0 Å². The molecule has 0 N–H and O–H groups in total. The second-order valence-corrected chi connectivity index (χ2v) is 6.77. The summed E-state index contributed by atoms with van der Waals surface area (Å²) in [7, 11) is 0. The molecule has 0 unspecified atom stereocenters. The Morgan fingerprint density at radius 2 is 1.66 bits per heavy atom. The number of rotatable bonds is 3. The van der Waals surface area contributed by atoms with E-state index in [9.17, 15) is 32.5 Å². The van der Waals surface area contributed by atoms with E-state index in [1.807, 2.05) is 0 Å². The van der Waals surface area contributed by atoms with Crippen molar-refractivity contribution in [1.29, 1.82) is 0 Å². The van der Waals surface area contributed by atoms with Gasteiger partial charge in [-0.15, -0.1) is 0 Å². The molecule has 0 aliphatic carbocycles. The molecule has 0 atom stereocenters. The van der Waals surface area contributed by atoms with E-state index in [0.717, 1.165) is 18.2 Å². The van der Waals surface area contributed by atoms with Gasteiger partial charge >= 0.3 is 6.18 Å². The van der Waals surface area contributed by atoms with E-state index < -0.39 is 33.2 Å². The minimum absolute atomic E-state index is 0.0399. The number of anilines is 1. The largest absolute Gasteiger partial charge is 0.418 e. The van der Waals surface area contributed by atoms with Gasteiger partial charge in [-0.2, -0.15) is 13.2 Å². The fourth-order valence-electron chi connectivity index (χ4n) is 3.09. The number of nitro benzene ring substituents is 1. The van der Waals surface area contributed by atoms with Crippen LogP contribution in [0.5, 0.6) is 0 Å². The van der Waals surface area contributed by atoms with Crippen molar-refractivity contribution in [2.75, 3.05) is 31.1 Å². The molecule has 1 aliphatic heterocycles. The molecule has 0 aromatic heterocycles. The number of alkyl halides is 3. The Hall–Kier alpha value is -2.88. The first kappa shape index (κ1) is 20.8. The fourth-order valence-corrected chi connectivity index (χ4v) is 3.36. The number of benzene rings is 2. The van der Waals surface area contributed by atoms with Crippen LogP contribution in [0, 0.1) is 15.9 Å². The van der Waals surface area contributed by atoms with E-state index in [1.54, 1.807) is 0 Å². The molecule has 1 amide bonds. The SMILES string of the molecule is O=C(c1ccc(F)cc1)N1CCN(c2cc(Cl)c(C(F)(F)F)cc2[N+](=O)[O-])CC1. The van der Waals surface area contributed by atoms with Crippen molar-refractivity contribution < 1.29 is 27.3 Å². The summed E-state index contributed by atoms with van der Waals surface area (Å²) >= 11 is 5.72. The lowest BCUT2D eigenvalue weighted by atomic mass is 10.1. The number of amides is 1. The monoisotopic (exact) mass is 431 g/mol. The maximum absolute atomic E-state index is 13.0. The highest BCUT2D eigenvalue weighted by atomic mass is 35.5. The maximum Gasteiger partial charge on any atom is 0.418 e. The highest BCUT2D eigenvalue weighted by Gasteiger charge is 2.37. The molecule has 3 rings (SSSR count). The van der Waals surface area contributed by atoms with Gasteiger partial charge in [0, 0.05) is 37.8 Å². The van der Waals surface area contributed by atoms with Gasteiger partial charge in [-0.3, -0.25) is 14.9 Å². The van der Waals surface area contributed by atoms with Crippen molar-refractivity contribution in [3.05, 3.63) is 68.5 Å². The molecule has 0 spiro atoms. The third kappa shape index (κ3) is 4.42. The van der Waals surface area contributed by atoms with Gasteiger partial charge in [0.15, 0.2) is 0 Å². The lowest BCUT2D eigenvalue weighted by Crippen LogP contribution is -2.49. The zero-order chi connectivity index (χ0) is 21.3. The molecule has 11 heteroatoms. The molecule has 1 aliphatic rings. The minimum atomic E-state index is -4.82. The van der Waals surface area contributed by atoms with Gasteiger partial charge in [0.2, 0.25) is 0 Å². The molecular formula is C18H14ClF4N3O3. The molecule has 2 aromatic rings. The van der Waals surface area contributed by atoms with Crippen LogP contribution in [0.4, 0.5) is 28.9 Å². The normalized spacial score (nSPS) is 14.8. The van der Waals surface area contributed by atoms with Crippen LogP contribution in [-0.2, 0) is 6.18 Å². The van der Waals surface area contributed by atoms with Gasteiger partial charge < -0.3 is 9.80 Å². The highest BCUT2D eigenvalue weighted by molar-refractivity contribution is 6.31. The summed E-state index contributed by atoms with van der Waals surface area (Å²) in [6.07, 6.45) is -4.82. The van der Waals surface area contributed by atoms with Gasteiger partial charge in [0.1, 0.15) is 11.5 Å². The Kier molecular flexibility index (Phi) is 5.65. The molecule has 1 fully saturated rings. The number of carbonyl (C=O) groups excluding carboxylic acids is 1. The van der Waals surface area contributed by atoms with Crippen LogP contribution in [0.1, 0.15) is 15.9 Å². The number of hydrogen-bond acceptors (Lipinski definition) is 4. The van der Waals surface area contributed by atoms with Crippen LogP contribution >= 0.6 is 11.6 Å². The summed E-state index contributed by atoms with van der Waals surface area (Å²) < 4.78 is 52.0. The van der Waals surface area contributed by atoms with Crippen LogP contribution in [0.2, 0.25) is 5.02 Å². The zero-order valence-corrected chi connectivity index (χ0v) is 15.5. The quantitative estimate of drug-likeness (QED) is 0.411. The molecular weight excluding hydrogens is 418 g/mol. The Balaban J connectivity index is 1.80. The highest BCUT2D eigenvalue weighted by Crippen LogP contribution is 2.41. The first-order valence-corrected chi connectivity index (χ1v) is 8.80. The zero-order valence-electron chi connectivity index (χ0n) is 14.7. The van der Waals surface area contributed by atoms with Crippen molar-refractivity contribution in [2.45, 2.75) is 6.18 Å². The predicted molar refractivity (Wildman–Crippen MR) is 97.6 cm³/mol. The van der Waals surface area contributed by atoms with E-state index in [0.29, 0.717) is 11.6 Å². The van der Waals surface area contributed by atoms with Crippen molar-refractivity contribution in [2.24, 2.45) is 0 Å². The third-order valence-corrected chi connectivity index (χ3v) is 4.88. The molecule has 0 saturated carbocycles. The maximum atomic E-state index is 13.0. The summed E-state index contributed by atoms with van der Waals surface area (Å²) in [5.41, 5.74) is -1.73. The summed E-state index contributed by atoms with van der Waals surface area (Å²) in [5, 5.41) is 10.7. The second kappa shape index (κ2) is 7.86. The standard InChI is InChI=1S/C18H14ClF4N3O3/c19-14-10-15(16(26(28)29)9-13(14)18(21,22)23)24-5-7-25(8-6-24)17(27)11-1-3-12(20)4-2-11/h1-4,9-10H,5-8H2. The lowest BCUT2D eigenvalue weighted by Gasteiger charge is -2.36. The van der Waals surface area contributed by atoms with Crippen molar-refractivity contribution >= 4 is 28.9 Å². The Morgan fingerprint density at radius 3 is 2.17 bits per heavy atom. The Morgan fingerprint density at radius 1 is 1.07 bits per heavy atom. The van der Waals surface area contributed by atoms with Gasteiger partial charge in [0.25, 0.3) is 11.6 Å². The van der Waals surface area contributed by atoms with E-state index in [4.69, 9.17) is 11.6 Å².